The van der Waals surface area contributed by atoms with E-state index < -0.39 is 5.97 Å². The first kappa shape index (κ1) is 10.0. The van der Waals surface area contributed by atoms with Crippen molar-refractivity contribution in [1.82, 2.24) is 9.89 Å². The van der Waals surface area contributed by atoms with E-state index in [1.807, 2.05) is 0 Å². The third-order valence-corrected chi connectivity index (χ3v) is 2.02. The highest BCUT2D eigenvalue weighted by molar-refractivity contribution is 9.08. The summed E-state index contributed by atoms with van der Waals surface area (Å²) >= 11 is 3.22. The molecule has 0 saturated heterocycles. The molecule has 1 rings (SSSR count). The minimum atomic E-state index is -0.443. The van der Waals surface area contributed by atoms with Crippen molar-refractivity contribution in [2.24, 2.45) is 0 Å². The fourth-order valence-electron chi connectivity index (χ4n) is 0.899. The van der Waals surface area contributed by atoms with Gasteiger partial charge in [-0.15, -0.1) is 5.10 Å². The maximum Gasteiger partial charge on any atom is 0.359 e. The van der Waals surface area contributed by atoms with Gasteiger partial charge in [-0.25, -0.2) is 4.79 Å². The molecule has 0 aliphatic rings. The second-order valence-corrected chi connectivity index (χ2v) is 2.90. The molecule has 72 valence electrons. The van der Waals surface area contributed by atoms with Crippen molar-refractivity contribution in [3.63, 3.8) is 0 Å². The largest absolute Gasteiger partial charge is 0.461 e. The molecule has 6 heteroatoms. The van der Waals surface area contributed by atoms with Gasteiger partial charge in [0.2, 0.25) is 0 Å². The predicted molar refractivity (Wildman–Crippen MR) is 51.0 cm³/mol. The molecule has 0 aliphatic heterocycles. The molecule has 2 N–H and O–H groups in total. The molecule has 0 aromatic carbocycles. The lowest BCUT2D eigenvalue weighted by Gasteiger charge is -1.98. The van der Waals surface area contributed by atoms with E-state index in [4.69, 9.17) is 10.6 Å². The summed E-state index contributed by atoms with van der Waals surface area (Å²) in [5.41, 5.74) is 0.988. The molecule has 0 aliphatic carbocycles. The molecule has 0 fully saturated rings. The highest BCUT2D eigenvalue weighted by Crippen LogP contribution is 2.10. The normalized spacial score (nSPS) is 10.0. The van der Waals surface area contributed by atoms with Gasteiger partial charge in [-0.2, -0.15) is 4.79 Å². The number of esters is 1. The summed E-state index contributed by atoms with van der Waals surface area (Å²) in [6.07, 6.45) is 1.57. The molecule has 0 amide bonds. The zero-order valence-electron chi connectivity index (χ0n) is 7.16. The Morgan fingerprint density at radius 3 is 3.08 bits per heavy atom. The van der Waals surface area contributed by atoms with Gasteiger partial charge < -0.3 is 10.6 Å². The standard InChI is InChI=1S/C7H10BrN3O2/c1-2-13-7(12)6-5(3-8)4-11(9)10-6/h4H,2-3,9H2,1H3. The first-order chi connectivity index (χ1) is 6.19. The summed E-state index contributed by atoms with van der Waals surface area (Å²) in [5.74, 6) is 4.92. The minimum Gasteiger partial charge on any atom is -0.461 e. The van der Waals surface area contributed by atoms with Gasteiger partial charge in [0, 0.05) is 10.9 Å². The number of nitrogens with zero attached hydrogens (tertiary/aromatic N) is 2. The number of halogens is 1. The van der Waals surface area contributed by atoms with Gasteiger partial charge >= 0.3 is 5.97 Å². The summed E-state index contributed by atoms with van der Waals surface area (Å²) in [5, 5.41) is 4.32. The van der Waals surface area contributed by atoms with Crippen LogP contribution in [0.4, 0.5) is 0 Å². The van der Waals surface area contributed by atoms with E-state index in [1.54, 1.807) is 13.1 Å². The molecule has 0 unspecified atom stereocenters. The van der Waals surface area contributed by atoms with Crippen LogP contribution in [0.25, 0.3) is 0 Å². The summed E-state index contributed by atoms with van der Waals surface area (Å²) in [6.45, 7) is 2.07. The van der Waals surface area contributed by atoms with E-state index in [0.29, 0.717) is 11.9 Å². The summed E-state index contributed by atoms with van der Waals surface area (Å²) in [7, 11) is 0. The second kappa shape index (κ2) is 4.27. The molecule has 1 aromatic rings. The predicted octanol–water partition coefficient (Wildman–Crippen LogP) is 0.668. The van der Waals surface area contributed by atoms with Crippen molar-refractivity contribution in [2.45, 2.75) is 12.3 Å². The van der Waals surface area contributed by atoms with E-state index in [0.717, 1.165) is 10.4 Å². The molecule has 0 atom stereocenters. The average molecular weight is 248 g/mol. The quantitative estimate of drug-likeness (QED) is 0.484. The lowest BCUT2D eigenvalue weighted by atomic mass is 10.3. The Kier molecular flexibility index (Phi) is 3.30. The van der Waals surface area contributed by atoms with Gasteiger partial charge in [-0.1, -0.05) is 15.9 Å². The average Bonchev–Trinajstić information content (AvgIpc) is 2.47. The Hall–Kier alpha value is -1.04. The van der Waals surface area contributed by atoms with Crippen molar-refractivity contribution >= 4 is 21.9 Å². The van der Waals surface area contributed by atoms with Crippen LogP contribution in [0, 0.1) is 0 Å². The molecule has 0 bridgehead atoms. The smallest absolute Gasteiger partial charge is 0.359 e. The third-order valence-electron chi connectivity index (χ3n) is 1.42. The van der Waals surface area contributed by atoms with Gasteiger partial charge in [0.15, 0.2) is 5.69 Å². The lowest BCUT2D eigenvalue weighted by molar-refractivity contribution is 0.0518. The van der Waals surface area contributed by atoms with E-state index >= 15 is 0 Å². The molecular weight excluding hydrogens is 238 g/mol. The highest BCUT2D eigenvalue weighted by atomic mass is 79.9. The van der Waals surface area contributed by atoms with Crippen molar-refractivity contribution in [2.75, 3.05) is 12.4 Å². The Balaban J connectivity index is 2.91. The maximum atomic E-state index is 11.3. The van der Waals surface area contributed by atoms with Gasteiger partial charge in [0.05, 0.1) is 12.8 Å². The molecule has 13 heavy (non-hydrogen) atoms. The minimum absolute atomic E-state index is 0.265. The number of aromatic nitrogens is 2. The number of ether oxygens (including phenoxy) is 1. The lowest BCUT2D eigenvalue weighted by Crippen LogP contribution is -2.12. The Bertz CT molecular complexity index is 311. The molecular formula is C7H10BrN3O2. The first-order valence-corrected chi connectivity index (χ1v) is 4.87. The zero-order valence-corrected chi connectivity index (χ0v) is 8.74. The molecule has 0 spiro atoms. The number of carbonyl (C=O) groups is 1. The zero-order chi connectivity index (χ0) is 9.84. The van der Waals surface area contributed by atoms with Crippen LogP contribution in [-0.2, 0) is 10.1 Å². The van der Waals surface area contributed by atoms with E-state index in [2.05, 4.69) is 21.0 Å². The number of rotatable bonds is 3. The molecule has 0 radical (unpaired) electrons. The Morgan fingerprint density at radius 2 is 2.54 bits per heavy atom. The summed E-state index contributed by atoms with van der Waals surface area (Å²) in [4.78, 5) is 12.4. The van der Waals surface area contributed by atoms with Gasteiger partial charge in [0.25, 0.3) is 0 Å². The van der Waals surface area contributed by atoms with Gasteiger partial charge in [-0.3, -0.25) is 0 Å². The monoisotopic (exact) mass is 247 g/mol. The van der Waals surface area contributed by atoms with E-state index in [-0.39, 0.29) is 5.69 Å². The number of nitrogen functional groups attached to an aromatic ring is 1. The van der Waals surface area contributed by atoms with Crippen LogP contribution >= 0.6 is 15.9 Å². The van der Waals surface area contributed by atoms with Crippen molar-refractivity contribution in [3.05, 3.63) is 17.5 Å². The molecule has 1 aromatic heterocycles. The third kappa shape index (κ3) is 2.21. The van der Waals surface area contributed by atoms with Crippen LogP contribution in [0.5, 0.6) is 0 Å². The van der Waals surface area contributed by atoms with Crippen LogP contribution in [-0.4, -0.2) is 22.5 Å². The van der Waals surface area contributed by atoms with Crippen molar-refractivity contribution in [3.8, 4) is 0 Å². The number of nitrogens with two attached hydrogens (primary N) is 1. The SMILES string of the molecule is CCOC(=O)c1nn(N)cc1CBr. The highest BCUT2D eigenvalue weighted by Gasteiger charge is 2.16. The maximum absolute atomic E-state index is 11.3. The summed E-state index contributed by atoms with van der Waals surface area (Å²) < 4.78 is 4.79. The topological polar surface area (TPSA) is 70.1 Å². The number of alkyl halides is 1. The van der Waals surface area contributed by atoms with Crippen LogP contribution in [0.3, 0.4) is 0 Å². The number of carbonyl (C=O) groups excluding carboxylic acids is 1. The fraction of sp³-hybridized carbons (Fsp3) is 0.429. The van der Waals surface area contributed by atoms with Crippen LogP contribution < -0.4 is 5.84 Å². The van der Waals surface area contributed by atoms with Gasteiger partial charge in [0.1, 0.15) is 0 Å². The fourth-order valence-corrected chi connectivity index (χ4v) is 1.31. The molecule has 0 saturated carbocycles. The summed E-state index contributed by atoms with van der Waals surface area (Å²) in [6, 6.07) is 0. The van der Waals surface area contributed by atoms with Gasteiger partial charge in [-0.05, 0) is 6.92 Å². The van der Waals surface area contributed by atoms with E-state index in [1.165, 1.54) is 0 Å². The van der Waals surface area contributed by atoms with Crippen LogP contribution in [0.1, 0.15) is 23.0 Å². The second-order valence-electron chi connectivity index (χ2n) is 2.34. The Labute approximate surface area is 84.0 Å². The van der Waals surface area contributed by atoms with Crippen molar-refractivity contribution < 1.29 is 9.53 Å². The van der Waals surface area contributed by atoms with Crippen molar-refractivity contribution in [1.29, 1.82) is 0 Å². The van der Waals surface area contributed by atoms with E-state index in [9.17, 15) is 4.79 Å². The Morgan fingerprint density at radius 1 is 1.85 bits per heavy atom. The molecule has 5 nitrogen and oxygen atoms in total. The number of hydrogen-bond donors (Lipinski definition) is 1. The van der Waals surface area contributed by atoms with Crippen LogP contribution in [0.2, 0.25) is 0 Å². The number of hydrogen-bond acceptors (Lipinski definition) is 4. The first-order valence-electron chi connectivity index (χ1n) is 3.75. The molecule has 1 heterocycles. The van der Waals surface area contributed by atoms with Crippen LogP contribution in [0.15, 0.2) is 6.20 Å².